The molecule has 0 aromatic carbocycles. The molecule has 0 aromatic heterocycles. The van der Waals surface area contributed by atoms with Crippen LogP contribution < -0.4 is 0 Å². The van der Waals surface area contributed by atoms with Crippen LogP contribution in [0, 0.1) is 0 Å². The average molecular weight is 911 g/mol. The molecule has 10 heteroatoms. The Morgan fingerprint density at radius 3 is 1.27 bits per heavy atom. The van der Waals surface area contributed by atoms with E-state index in [0.717, 1.165) is 44.9 Å². The third-order valence-electron chi connectivity index (χ3n) is 11.4. The maximum absolute atomic E-state index is 12.7. The molecule has 0 rings (SSSR count). The van der Waals surface area contributed by atoms with Crippen LogP contribution in [0.4, 0.5) is 0 Å². The highest BCUT2D eigenvalue weighted by atomic mass is 31.2. The van der Waals surface area contributed by atoms with Gasteiger partial charge in [0, 0.05) is 12.8 Å². The third-order valence-corrected chi connectivity index (χ3v) is 12.4. The van der Waals surface area contributed by atoms with Crippen molar-refractivity contribution in [3.8, 4) is 0 Å². The van der Waals surface area contributed by atoms with Gasteiger partial charge in [-0.25, -0.2) is 4.57 Å². The normalized spacial score (nSPS) is 13.7. The van der Waals surface area contributed by atoms with Crippen molar-refractivity contribution in [1.82, 2.24) is 0 Å². The lowest BCUT2D eigenvalue weighted by molar-refractivity contribution is -0.870. The van der Waals surface area contributed by atoms with Gasteiger partial charge in [0.1, 0.15) is 19.8 Å². The standard InChI is InChI=1S/C53H100NO8P/c1-6-8-10-12-14-16-18-19-20-21-22-23-24-25-26-27-28-29-30-31-32-33-34-35-36-38-40-42-44-46-53(56)62-51(50-61-63(57,58)60-48-47-54(3,4)5)49-59-52(55)45-43-41-39-37-17-15-13-11-9-7-2/h18-19,21-22,24-25,51H,6-17,20,23,26-50H2,1-5H3/p+1/b19-18-,22-21-,25-24-. The van der Waals surface area contributed by atoms with E-state index < -0.39 is 26.5 Å². The Morgan fingerprint density at radius 1 is 0.492 bits per heavy atom. The van der Waals surface area contributed by atoms with Crippen LogP contribution in [0.1, 0.15) is 239 Å². The number of ether oxygens (including phenoxy) is 2. The first-order valence-corrected chi connectivity index (χ1v) is 27.7. The SMILES string of the molecule is CCCCCCC/C=C\C/C=C\C/C=C\CCCCCCCCCCCCCCCCC(=O)OC(COC(=O)CCCCCCCCCCCC)COP(=O)(O)OCC[N+](C)(C)C. The number of unbranched alkanes of at least 4 members (excludes halogenated alkanes) is 28. The minimum atomic E-state index is -4.37. The Balaban J connectivity index is 4.07. The zero-order chi connectivity index (χ0) is 46.4. The van der Waals surface area contributed by atoms with Crippen LogP contribution >= 0.6 is 7.82 Å². The lowest BCUT2D eigenvalue weighted by atomic mass is 10.0. The van der Waals surface area contributed by atoms with Crippen molar-refractivity contribution in [3.63, 3.8) is 0 Å². The van der Waals surface area contributed by atoms with E-state index in [-0.39, 0.29) is 25.6 Å². The van der Waals surface area contributed by atoms with E-state index in [0.29, 0.717) is 23.9 Å². The number of phosphoric ester groups is 1. The van der Waals surface area contributed by atoms with E-state index in [2.05, 4.69) is 50.3 Å². The summed E-state index contributed by atoms with van der Waals surface area (Å²) in [6.07, 6.45) is 53.6. The number of carbonyl (C=O) groups is 2. The number of nitrogens with zero attached hydrogens (tertiary/aromatic N) is 1. The van der Waals surface area contributed by atoms with Crippen LogP contribution in [0.2, 0.25) is 0 Å². The lowest BCUT2D eigenvalue weighted by Crippen LogP contribution is -2.37. The Bertz CT molecular complexity index is 1170. The predicted octanol–water partition coefficient (Wildman–Crippen LogP) is 15.6. The summed E-state index contributed by atoms with van der Waals surface area (Å²) in [4.78, 5) is 35.4. The summed E-state index contributed by atoms with van der Waals surface area (Å²) in [5.74, 6) is -0.793. The maximum Gasteiger partial charge on any atom is 0.472 e. The summed E-state index contributed by atoms with van der Waals surface area (Å²) >= 11 is 0. The summed E-state index contributed by atoms with van der Waals surface area (Å²) in [6.45, 7) is 4.42. The molecular formula is C53H101NO8P+. The predicted molar refractivity (Wildman–Crippen MR) is 266 cm³/mol. The molecule has 0 fully saturated rings. The molecule has 63 heavy (non-hydrogen) atoms. The fraction of sp³-hybridized carbons (Fsp3) is 0.849. The Kier molecular flexibility index (Phi) is 44.1. The van der Waals surface area contributed by atoms with Gasteiger partial charge in [0.05, 0.1) is 27.7 Å². The van der Waals surface area contributed by atoms with Gasteiger partial charge in [-0.1, -0.05) is 211 Å². The minimum Gasteiger partial charge on any atom is -0.462 e. The van der Waals surface area contributed by atoms with Gasteiger partial charge in [-0.3, -0.25) is 18.6 Å². The van der Waals surface area contributed by atoms with Crippen LogP contribution in [0.25, 0.3) is 0 Å². The van der Waals surface area contributed by atoms with Crippen LogP contribution in [0.5, 0.6) is 0 Å². The molecule has 2 atom stereocenters. The van der Waals surface area contributed by atoms with E-state index in [1.165, 1.54) is 161 Å². The molecule has 1 N–H and O–H groups in total. The summed E-state index contributed by atoms with van der Waals surface area (Å²) in [7, 11) is 1.48. The van der Waals surface area contributed by atoms with Crippen LogP contribution in [-0.2, 0) is 32.7 Å². The Labute approximate surface area is 389 Å². The highest BCUT2D eigenvalue weighted by molar-refractivity contribution is 7.47. The number of carbonyl (C=O) groups excluding carboxylic acids is 2. The molecule has 0 aliphatic rings. The van der Waals surface area contributed by atoms with Crippen molar-refractivity contribution in [2.75, 3.05) is 47.5 Å². The number of phosphoric acid groups is 1. The van der Waals surface area contributed by atoms with Gasteiger partial charge in [-0.15, -0.1) is 0 Å². The molecule has 9 nitrogen and oxygen atoms in total. The number of esters is 2. The van der Waals surface area contributed by atoms with E-state index in [1.807, 2.05) is 21.1 Å². The van der Waals surface area contributed by atoms with Crippen molar-refractivity contribution in [1.29, 1.82) is 0 Å². The third kappa shape index (κ3) is 49.5. The fourth-order valence-corrected chi connectivity index (χ4v) is 8.06. The summed E-state index contributed by atoms with van der Waals surface area (Å²) in [5.41, 5.74) is 0. The van der Waals surface area contributed by atoms with E-state index in [1.54, 1.807) is 0 Å². The highest BCUT2D eigenvalue weighted by Crippen LogP contribution is 2.43. The van der Waals surface area contributed by atoms with Crippen molar-refractivity contribution in [2.45, 2.75) is 245 Å². The number of quaternary nitrogens is 1. The number of likely N-dealkylation sites (N-methyl/N-ethyl adjacent to an activating group) is 1. The van der Waals surface area contributed by atoms with Gasteiger partial charge in [0.15, 0.2) is 6.10 Å². The first-order chi connectivity index (χ1) is 30.5. The average Bonchev–Trinajstić information content (AvgIpc) is 3.24. The minimum absolute atomic E-state index is 0.0332. The maximum atomic E-state index is 12.7. The second-order valence-electron chi connectivity index (χ2n) is 18.9. The van der Waals surface area contributed by atoms with Gasteiger partial charge < -0.3 is 18.9 Å². The van der Waals surface area contributed by atoms with Crippen LogP contribution in [0.3, 0.4) is 0 Å². The molecule has 0 aromatic rings. The van der Waals surface area contributed by atoms with Gasteiger partial charge in [0.2, 0.25) is 0 Å². The van der Waals surface area contributed by atoms with E-state index in [9.17, 15) is 19.0 Å². The molecule has 2 unspecified atom stereocenters. The van der Waals surface area contributed by atoms with E-state index >= 15 is 0 Å². The molecule has 0 saturated carbocycles. The summed E-state index contributed by atoms with van der Waals surface area (Å²) in [6, 6.07) is 0. The summed E-state index contributed by atoms with van der Waals surface area (Å²) in [5, 5.41) is 0. The molecule has 0 amide bonds. The summed E-state index contributed by atoms with van der Waals surface area (Å²) < 4.78 is 34.4. The number of hydrogen-bond acceptors (Lipinski definition) is 7. The van der Waals surface area contributed by atoms with Crippen molar-refractivity contribution >= 4 is 19.8 Å². The van der Waals surface area contributed by atoms with Crippen molar-refractivity contribution < 1.29 is 42.1 Å². The van der Waals surface area contributed by atoms with E-state index in [4.69, 9.17) is 18.5 Å². The van der Waals surface area contributed by atoms with Crippen LogP contribution in [0.15, 0.2) is 36.5 Å². The van der Waals surface area contributed by atoms with Gasteiger partial charge in [-0.2, -0.15) is 0 Å². The van der Waals surface area contributed by atoms with Crippen molar-refractivity contribution in [2.24, 2.45) is 0 Å². The number of rotatable bonds is 48. The molecule has 0 aliphatic carbocycles. The van der Waals surface area contributed by atoms with Gasteiger partial charge in [-0.05, 0) is 51.4 Å². The quantitative estimate of drug-likeness (QED) is 0.0211. The second kappa shape index (κ2) is 45.4. The monoisotopic (exact) mass is 911 g/mol. The molecule has 0 aliphatic heterocycles. The first kappa shape index (κ1) is 61.2. The Morgan fingerprint density at radius 2 is 0.857 bits per heavy atom. The Hall–Kier alpha value is -1.77. The number of hydrogen-bond donors (Lipinski definition) is 1. The second-order valence-corrected chi connectivity index (χ2v) is 20.4. The van der Waals surface area contributed by atoms with Gasteiger partial charge in [0.25, 0.3) is 0 Å². The van der Waals surface area contributed by atoms with Crippen molar-refractivity contribution in [3.05, 3.63) is 36.5 Å². The zero-order valence-electron chi connectivity index (χ0n) is 41.8. The molecule has 0 radical (unpaired) electrons. The topological polar surface area (TPSA) is 108 Å². The zero-order valence-corrected chi connectivity index (χ0v) is 42.7. The number of allylic oxidation sites excluding steroid dienone is 6. The highest BCUT2D eigenvalue weighted by Gasteiger charge is 2.27. The molecule has 0 spiro atoms. The smallest absolute Gasteiger partial charge is 0.462 e. The molecule has 370 valence electrons. The molecule has 0 saturated heterocycles. The largest absolute Gasteiger partial charge is 0.472 e. The lowest BCUT2D eigenvalue weighted by Gasteiger charge is -2.24. The molecule has 0 bridgehead atoms. The molecular weight excluding hydrogens is 810 g/mol. The fourth-order valence-electron chi connectivity index (χ4n) is 7.32. The molecule has 0 heterocycles. The van der Waals surface area contributed by atoms with Crippen LogP contribution in [-0.4, -0.2) is 74.9 Å². The first-order valence-electron chi connectivity index (χ1n) is 26.2. The van der Waals surface area contributed by atoms with Gasteiger partial charge >= 0.3 is 19.8 Å².